The molecule has 0 radical (unpaired) electrons. The Morgan fingerprint density at radius 1 is 1.18 bits per heavy atom. The van der Waals surface area contributed by atoms with Gasteiger partial charge in [-0.3, -0.25) is 4.79 Å². The average Bonchev–Trinajstić information content (AvgIpc) is 2.35. The lowest BCUT2D eigenvalue weighted by atomic mass is 10.1. The number of rotatable bonds is 5. The summed E-state index contributed by atoms with van der Waals surface area (Å²) in [6.07, 6.45) is 0.366. The monoisotopic (exact) mass is 254 g/mol. The number of ether oxygens (including phenoxy) is 1. The van der Waals surface area contributed by atoms with E-state index in [2.05, 4.69) is 6.92 Å². The fourth-order valence-corrected chi connectivity index (χ4v) is 1.91. The third kappa shape index (κ3) is 7.05. The van der Waals surface area contributed by atoms with Crippen LogP contribution in [0.2, 0.25) is 0 Å². The van der Waals surface area contributed by atoms with Crippen LogP contribution in [0, 0.1) is 0 Å². The van der Waals surface area contributed by atoms with Crippen LogP contribution >= 0.6 is 11.8 Å². The molecule has 0 saturated carbocycles. The van der Waals surface area contributed by atoms with Gasteiger partial charge in [-0.1, -0.05) is 32.9 Å². The van der Waals surface area contributed by atoms with E-state index in [4.69, 9.17) is 4.74 Å². The second-order valence-corrected chi connectivity index (χ2v) is 4.40. The van der Waals surface area contributed by atoms with Gasteiger partial charge < -0.3 is 4.74 Å². The van der Waals surface area contributed by atoms with Crippen molar-refractivity contribution in [3.8, 4) is 0 Å². The predicted molar refractivity (Wildman–Crippen MR) is 74.5 cm³/mol. The summed E-state index contributed by atoms with van der Waals surface area (Å²) in [5.41, 5.74) is 1.01. The van der Waals surface area contributed by atoms with Crippen LogP contribution in [0.3, 0.4) is 0 Å². The topological polar surface area (TPSA) is 26.3 Å². The van der Waals surface area contributed by atoms with Crippen molar-refractivity contribution in [3.05, 3.63) is 29.8 Å². The molecule has 1 aromatic rings. The fourth-order valence-electron chi connectivity index (χ4n) is 1.25. The van der Waals surface area contributed by atoms with E-state index in [9.17, 15) is 4.79 Å². The van der Waals surface area contributed by atoms with Crippen LogP contribution in [-0.4, -0.2) is 18.3 Å². The van der Waals surface area contributed by atoms with Crippen LogP contribution < -0.4 is 0 Å². The van der Waals surface area contributed by atoms with Gasteiger partial charge in [0, 0.05) is 4.90 Å². The van der Waals surface area contributed by atoms with Gasteiger partial charge >= 0.3 is 5.97 Å². The second kappa shape index (κ2) is 10.2. The highest BCUT2D eigenvalue weighted by molar-refractivity contribution is 7.99. The van der Waals surface area contributed by atoms with Crippen molar-refractivity contribution < 1.29 is 9.53 Å². The summed E-state index contributed by atoms with van der Waals surface area (Å²) in [5, 5.41) is 0. The molecule has 0 bridgehead atoms. The summed E-state index contributed by atoms with van der Waals surface area (Å²) in [6, 6.07) is 8.05. The average molecular weight is 254 g/mol. The summed E-state index contributed by atoms with van der Waals surface area (Å²) >= 11 is 1.80. The van der Waals surface area contributed by atoms with Crippen molar-refractivity contribution in [2.45, 2.75) is 39.0 Å². The molecule has 0 saturated heterocycles. The van der Waals surface area contributed by atoms with Gasteiger partial charge in [-0.25, -0.2) is 0 Å². The van der Waals surface area contributed by atoms with Crippen LogP contribution in [-0.2, 0) is 16.0 Å². The molecule has 0 fully saturated rings. The minimum atomic E-state index is -0.159. The molecule has 1 aromatic carbocycles. The largest absolute Gasteiger partial charge is 0.466 e. The van der Waals surface area contributed by atoms with E-state index < -0.39 is 0 Å². The third-order valence-electron chi connectivity index (χ3n) is 1.89. The molecule has 0 spiro atoms. The molecule has 0 aliphatic heterocycles. The number of hydrogen-bond donors (Lipinski definition) is 0. The Morgan fingerprint density at radius 2 is 1.76 bits per heavy atom. The molecular formula is C14H22O2S. The molecule has 17 heavy (non-hydrogen) atoms. The number of carbonyl (C=O) groups is 1. The van der Waals surface area contributed by atoms with Gasteiger partial charge in [0.25, 0.3) is 0 Å². The maximum absolute atomic E-state index is 11.2. The van der Waals surface area contributed by atoms with Crippen LogP contribution in [0.25, 0.3) is 0 Å². The fraction of sp³-hybridized carbons (Fsp3) is 0.500. The van der Waals surface area contributed by atoms with Crippen molar-refractivity contribution >= 4 is 17.7 Å². The smallest absolute Gasteiger partial charge is 0.310 e. The molecule has 0 unspecified atom stereocenters. The lowest BCUT2D eigenvalue weighted by Crippen LogP contribution is -2.07. The standard InChI is InChI=1S/C12H16O2S.C2H6/c1-3-14-12(13)9-10-5-7-11(8-6-10)15-4-2;1-2/h5-8H,3-4,9H2,1-2H3;1-2H3. The number of benzene rings is 1. The lowest BCUT2D eigenvalue weighted by Gasteiger charge is -2.03. The number of thioether (sulfide) groups is 1. The first-order chi connectivity index (χ1) is 8.26. The molecule has 96 valence electrons. The Hall–Kier alpha value is -0.960. The van der Waals surface area contributed by atoms with Crippen LogP contribution in [0.1, 0.15) is 33.3 Å². The van der Waals surface area contributed by atoms with Crippen molar-refractivity contribution in [1.82, 2.24) is 0 Å². The predicted octanol–water partition coefficient (Wildman–Crippen LogP) is 3.93. The first-order valence-corrected chi connectivity index (χ1v) is 7.12. The van der Waals surface area contributed by atoms with E-state index in [1.807, 2.05) is 45.0 Å². The van der Waals surface area contributed by atoms with Gasteiger partial charge in [0.1, 0.15) is 0 Å². The molecule has 1 rings (SSSR count). The van der Waals surface area contributed by atoms with Crippen molar-refractivity contribution in [2.75, 3.05) is 12.4 Å². The maximum Gasteiger partial charge on any atom is 0.310 e. The van der Waals surface area contributed by atoms with E-state index in [-0.39, 0.29) is 5.97 Å². The van der Waals surface area contributed by atoms with Gasteiger partial charge in [-0.15, -0.1) is 11.8 Å². The number of esters is 1. The zero-order valence-electron chi connectivity index (χ0n) is 11.2. The molecule has 0 amide bonds. The zero-order chi connectivity index (χ0) is 13.1. The summed E-state index contributed by atoms with van der Waals surface area (Å²) in [6.45, 7) is 8.39. The van der Waals surface area contributed by atoms with E-state index in [1.54, 1.807) is 11.8 Å². The second-order valence-electron chi connectivity index (χ2n) is 3.06. The van der Waals surface area contributed by atoms with E-state index in [0.29, 0.717) is 13.0 Å². The van der Waals surface area contributed by atoms with Crippen LogP contribution in [0.15, 0.2) is 29.2 Å². The Kier molecular flexibility index (Phi) is 9.63. The van der Waals surface area contributed by atoms with E-state index >= 15 is 0 Å². The van der Waals surface area contributed by atoms with E-state index in [1.165, 1.54) is 4.90 Å². The van der Waals surface area contributed by atoms with Crippen molar-refractivity contribution in [3.63, 3.8) is 0 Å². The van der Waals surface area contributed by atoms with Gasteiger partial charge in [0.05, 0.1) is 13.0 Å². The third-order valence-corrected chi connectivity index (χ3v) is 2.78. The summed E-state index contributed by atoms with van der Waals surface area (Å²) in [4.78, 5) is 12.4. The number of carbonyl (C=O) groups excluding carboxylic acids is 1. The van der Waals surface area contributed by atoms with E-state index in [0.717, 1.165) is 11.3 Å². The zero-order valence-corrected chi connectivity index (χ0v) is 12.0. The van der Waals surface area contributed by atoms with Gasteiger partial charge in [0.2, 0.25) is 0 Å². The minimum absolute atomic E-state index is 0.159. The van der Waals surface area contributed by atoms with Crippen molar-refractivity contribution in [2.24, 2.45) is 0 Å². The number of hydrogen-bond acceptors (Lipinski definition) is 3. The Labute approximate surface area is 109 Å². The first kappa shape index (κ1) is 16.0. The highest BCUT2D eigenvalue weighted by atomic mass is 32.2. The molecule has 0 aliphatic rings. The van der Waals surface area contributed by atoms with Gasteiger partial charge in [-0.2, -0.15) is 0 Å². The normalized spacial score (nSPS) is 9.18. The molecule has 0 atom stereocenters. The summed E-state index contributed by atoms with van der Waals surface area (Å²) < 4.78 is 4.88. The molecule has 0 N–H and O–H groups in total. The molecule has 3 heteroatoms. The Balaban J connectivity index is 0.00000121. The molecule has 2 nitrogen and oxygen atoms in total. The first-order valence-electron chi connectivity index (χ1n) is 6.13. The quantitative estimate of drug-likeness (QED) is 0.588. The van der Waals surface area contributed by atoms with Crippen LogP contribution in [0.4, 0.5) is 0 Å². The maximum atomic E-state index is 11.2. The molecule has 0 aliphatic carbocycles. The molecule has 0 heterocycles. The Morgan fingerprint density at radius 3 is 2.24 bits per heavy atom. The summed E-state index contributed by atoms with van der Waals surface area (Å²) in [5.74, 6) is 0.908. The minimum Gasteiger partial charge on any atom is -0.466 e. The van der Waals surface area contributed by atoms with Gasteiger partial charge in [0.15, 0.2) is 0 Å². The molecular weight excluding hydrogens is 232 g/mol. The van der Waals surface area contributed by atoms with Crippen molar-refractivity contribution in [1.29, 1.82) is 0 Å². The Bertz CT molecular complexity index is 307. The lowest BCUT2D eigenvalue weighted by molar-refractivity contribution is -0.142. The molecule has 0 aromatic heterocycles. The summed E-state index contributed by atoms with van der Waals surface area (Å²) in [7, 11) is 0. The highest BCUT2D eigenvalue weighted by Gasteiger charge is 2.03. The van der Waals surface area contributed by atoms with Gasteiger partial charge in [-0.05, 0) is 30.4 Å². The van der Waals surface area contributed by atoms with Crippen LogP contribution in [0.5, 0.6) is 0 Å². The highest BCUT2D eigenvalue weighted by Crippen LogP contribution is 2.17. The SMILES string of the molecule is CC.CCOC(=O)Cc1ccc(SCC)cc1.